The second kappa shape index (κ2) is 6.88. The Morgan fingerprint density at radius 3 is 3.10 bits per heavy atom. The van der Waals surface area contributed by atoms with E-state index >= 15 is 0 Å². The van der Waals surface area contributed by atoms with Gasteiger partial charge in [-0.05, 0) is 30.2 Å². The second-order valence-electron chi connectivity index (χ2n) is 5.14. The molecule has 0 aromatic heterocycles. The van der Waals surface area contributed by atoms with Crippen LogP contribution in [-0.2, 0) is 4.79 Å². The van der Waals surface area contributed by atoms with Crippen molar-refractivity contribution >= 4 is 17.7 Å². The zero-order valence-electron chi connectivity index (χ0n) is 12.4. The fourth-order valence-corrected chi connectivity index (χ4v) is 2.30. The first-order chi connectivity index (χ1) is 10.1. The van der Waals surface area contributed by atoms with Crippen molar-refractivity contribution < 1.29 is 9.53 Å². The molecule has 1 amide bonds. The van der Waals surface area contributed by atoms with E-state index in [0.29, 0.717) is 13.0 Å². The molecule has 0 saturated heterocycles. The Morgan fingerprint density at radius 1 is 1.57 bits per heavy atom. The smallest absolute Gasteiger partial charge is 0.240 e. The summed E-state index contributed by atoms with van der Waals surface area (Å²) in [5, 5.41) is 4.16. The maximum absolute atomic E-state index is 11.3. The van der Waals surface area contributed by atoms with Gasteiger partial charge in [0.2, 0.25) is 5.91 Å². The molecule has 1 unspecified atom stereocenters. The minimum Gasteiger partial charge on any atom is -0.490 e. The van der Waals surface area contributed by atoms with Gasteiger partial charge in [-0.25, -0.2) is 5.43 Å². The first kappa shape index (κ1) is 15.0. The molecular formula is C17H20N2O2. The normalized spacial score (nSPS) is 18.8. The topological polar surface area (TPSA) is 50.7 Å². The van der Waals surface area contributed by atoms with Crippen molar-refractivity contribution in [3.05, 3.63) is 48.1 Å². The van der Waals surface area contributed by atoms with Gasteiger partial charge in [-0.2, -0.15) is 5.10 Å². The molecule has 1 aliphatic rings. The van der Waals surface area contributed by atoms with Crippen LogP contribution in [0.1, 0.15) is 25.8 Å². The number of amides is 1. The van der Waals surface area contributed by atoms with E-state index in [-0.39, 0.29) is 11.8 Å². The van der Waals surface area contributed by atoms with E-state index in [4.69, 9.17) is 4.74 Å². The van der Waals surface area contributed by atoms with Crippen LogP contribution >= 0.6 is 0 Å². The van der Waals surface area contributed by atoms with E-state index in [1.165, 1.54) is 0 Å². The molecule has 0 spiro atoms. The van der Waals surface area contributed by atoms with Crippen molar-refractivity contribution in [3.63, 3.8) is 0 Å². The molecule has 0 bridgehead atoms. The van der Waals surface area contributed by atoms with E-state index in [1.54, 1.807) is 6.08 Å². The molecule has 0 aliphatic carbocycles. The largest absolute Gasteiger partial charge is 0.490 e. The second-order valence-corrected chi connectivity index (χ2v) is 5.14. The number of ether oxygens (including phenoxy) is 1. The Labute approximate surface area is 125 Å². The van der Waals surface area contributed by atoms with E-state index in [1.807, 2.05) is 44.2 Å². The van der Waals surface area contributed by atoms with Crippen molar-refractivity contribution in [2.75, 3.05) is 6.61 Å². The Kier molecular flexibility index (Phi) is 4.93. The number of hydrazone groups is 1. The van der Waals surface area contributed by atoms with Gasteiger partial charge in [-0.1, -0.05) is 37.8 Å². The molecular weight excluding hydrogens is 264 g/mol. The highest BCUT2D eigenvalue weighted by atomic mass is 16.5. The maximum atomic E-state index is 11.3. The standard InChI is InChI=1S/C17H20N2O2/c1-4-8-21-15-7-5-6-14(11-15)9-12(2)17-13(3)10-16(20)18-19-17/h4-7,9,11,13H,1,8,10H2,2-3H3,(H,18,20). The molecule has 1 N–H and O–H groups in total. The summed E-state index contributed by atoms with van der Waals surface area (Å²) < 4.78 is 5.52. The van der Waals surface area contributed by atoms with Crippen molar-refractivity contribution in [3.8, 4) is 5.75 Å². The molecule has 0 fully saturated rings. The lowest BCUT2D eigenvalue weighted by molar-refractivity contribution is -0.121. The van der Waals surface area contributed by atoms with Gasteiger partial charge >= 0.3 is 0 Å². The van der Waals surface area contributed by atoms with Crippen LogP contribution in [0, 0.1) is 5.92 Å². The zero-order valence-corrected chi connectivity index (χ0v) is 12.4. The Bertz CT molecular complexity index is 603. The summed E-state index contributed by atoms with van der Waals surface area (Å²) >= 11 is 0. The number of nitrogens with one attached hydrogen (secondary N) is 1. The highest BCUT2D eigenvalue weighted by Crippen LogP contribution is 2.20. The van der Waals surface area contributed by atoms with Crippen LogP contribution < -0.4 is 10.2 Å². The number of nitrogens with zero attached hydrogens (tertiary/aromatic N) is 1. The Balaban J connectivity index is 2.18. The molecule has 1 aromatic carbocycles. The quantitative estimate of drug-likeness (QED) is 0.844. The van der Waals surface area contributed by atoms with Crippen LogP contribution in [0.5, 0.6) is 5.75 Å². The van der Waals surface area contributed by atoms with Crippen molar-refractivity contribution in [2.24, 2.45) is 11.0 Å². The third-order valence-electron chi connectivity index (χ3n) is 3.27. The van der Waals surface area contributed by atoms with Crippen LogP contribution in [0.4, 0.5) is 0 Å². The Hall–Kier alpha value is -2.36. The third-order valence-corrected chi connectivity index (χ3v) is 3.27. The third kappa shape index (κ3) is 4.05. The molecule has 2 rings (SSSR count). The summed E-state index contributed by atoms with van der Waals surface area (Å²) in [5.41, 5.74) is 5.55. The maximum Gasteiger partial charge on any atom is 0.240 e. The molecule has 1 heterocycles. The van der Waals surface area contributed by atoms with Gasteiger partial charge in [-0.15, -0.1) is 0 Å². The van der Waals surface area contributed by atoms with Crippen LogP contribution in [0.3, 0.4) is 0 Å². The van der Waals surface area contributed by atoms with E-state index in [9.17, 15) is 4.79 Å². The summed E-state index contributed by atoms with van der Waals surface area (Å²) in [5.74, 6) is 0.914. The highest BCUT2D eigenvalue weighted by Gasteiger charge is 2.21. The van der Waals surface area contributed by atoms with Gasteiger partial charge in [0.15, 0.2) is 0 Å². The van der Waals surface area contributed by atoms with Gasteiger partial charge in [0.1, 0.15) is 12.4 Å². The fraction of sp³-hybridized carbons (Fsp3) is 0.294. The van der Waals surface area contributed by atoms with E-state index in [0.717, 1.165) is 22.6 Å². The zero-order chi connectivity index (χ0) is 15.2. The molecule has 0 saturated carbocycles. The number of hydrogen-bond acceptors (Lipinski definition) is 3. The molecule has 21 heavy (non-hydrogen) atoms. The number of allylic oxidation sites excluding steroid dienone is 1. The average molecular weight is 284 g/mol. The predicted molar refractivity (Wildman–Crippen MR) is 85.1 cm³/mol. The first-order valence-corrected chi connectivity index (χ1v) is 6.99. The number of rotatable bonds is 5. The number of carbonyl (C=O) groups excluding carboxylic acids is 1. The number of benzene rings is 1. The van der Waals surface area contributed by atoms with Crippen molar-refractivity contribution in [1.29, 1.82) is 0 Å². The molecule has 4 heteroatoms. The van der Waals surface area contributed by atoms with Gasteiger partial charge in [-0.3, -0.25) is 4.79 Å². The van der Waals surface area contributed by atoms with Crippen LogP contribution in [0.15, 0.2) is 47.6 Å². The molecule has 0 radical (unpaired) electrons. The number of carbonyl (C=O) groups is 1. The van der Waals surface area contributed by atoms with Crippen molar-refractivity contribution in [1.82, 2.24) is 5.43 Å². The summed E-state index contributed by atoms with van der Waals surface area (Å²) in [4.78, 5) is 11.3. The SMILES string of the molecule is C=CCOc1cccc(C=C(C)C2=NNC(=O)CC2C)c1. The van der Waals surface area contributed by atoms with Gasteiger partial charge < -0.3 is 4.74 Å². The monoisotopic (exact) mass is 284 g/mol. The van der Waals surface area contributed by atoms with Crippen LogP contribution in [-0.4, -0.2) is 18.2 Å². The fourth-order valence-electron chi connectivity index (χ4n) is 2.30. The lowest BCUT2D eigenvalue weighted by Crippen LogP contribution is -2.31. The van der Waals surface area contributed by atoms with Crippen molar-refractivity contribution in [2.45, 2.75) is 20.3 Å². The minimum absolute atomic E-state index is 0.0288. The number of hydrogen-bond donors (Lipinski definition) is 1. The molecule has 110 valence electrons. The van der Waals surface area contributed by atoms with E-state index in [2.05, 4.69) is 17.1 Å². The summed E-state index contributed by atoms with van der Waals surface area (Å²) in [6.07, 6.45) is 4.25. The lowest BCUT2D eigenvalue weighted by Gasteiger charge is -2.19. The summed E-state index contributed by atoms with van der Waals surface area (Å²) in [6, 6.07) is 7.85. The first-order valence-electron chi connectivity index (χ1n) is 6.99. The molecule has 1 aromatic rings. The molecule has 4 nitrogen and oxygen atoms in total. The van der Waals surface area contributed by atoms with Gasteiger partial charge in [0, 0.05) is 12.3 Å². The predicted octanol–water partition coefficient (Wildman–Crippen LogP) is 3.17. The summed E-state index contributed by atoms with van der Waals surface area (Å²) in [6.45, 7) is 8.14. The lowest BCUT2D eigenvalue weighted by atomic mass is 9.93. The average Bonchev–Trinajstić information content (AvgIpc) is 2.45. The van der Waals surface area contributed by atoms with Crippen LogP contribution in [0.25, 0.3) is 6.08 Å². The molecule has 1 atom stereocenters. The van der Waals surface area contributed by atoms with E-state index < -0.39 is 0 Å². The molecule has 1 aliphatic heterocycles. The van der Waals surface area contributed by atoms with Gasteiger partial charge in [0.05, 0.1) is 5.71 Å². The minimum atomic E-state index is -0.0288. The van der Waals surface area contributed by atoms with Gasteiger partial charge in [0.25, 0.3) is 0 Å². The van der Waals surface area contributed by atoms with Crippen LogP contribution in [0.2, 0.25) is 0 Å². The summed E-state index contributed by atoms with van der Waals surface area (Å²) in [7, 11) is 0. The highest BCUT2D eigenvalue weighted by molar-refractivity contribution is 6.07. The Morgan fingerprint density at radius 2 is 2.38 bits per heavy atom.